The van der Waals surface area contributed by atoms with Gasteiger partial charge < -0.3 is 5.11 Å². The van der Waals surface area contributed by atoms with E-state index < -0.39 is 10.7 Å². The average Bonchev–Trinajstić information content (AvgIpc) is 2.18. The monoisotopic (exact) mass is 174 g/mol. The first-order valence-corrected chi connectivity index (χ1v) is 4.38. The Kier molecular flexibility index (Phi) is 1.96. The average molecular weight is 174 g/mol. The first-order chi connectivity index (χ1) is 4.98. The van der Waals surface area contributed by atoms with Gasteiger partial charge in [0, 0.05) is 11.7 Å². The molecule has 11 heavy (non-hydrogen) atoms. The Labute approximate surface area is 69.2 Å². The number of ketones is 1. The van der Waals surface area contributed by atoms with Crippen molar-refractivity contribution in [1.29, 1.82) is 0 Å². The van der Waals surface area contributed by atoms with Crippen molar-refractivity contribution in [1.82, 2.24) is 0 Å². The van der Waals surface area contributed by atoms with E-state index in [0.29, 0.717) is 5.75 Å². The molecule has 1 saturated heterocycles. The number of Topliss-reactive ketones (excluding diaryl/α,β-unsaturated/α-hetero) is 1. The maximum atomic E-state index is 11.3. The van der Waals surface area contributed by atoms with Crippen LogP contribution in [-0.4, -0.2) is 27.4 Å². The fraction of sp³-hybridized carbons (Fsp3) is 0.714. The Morgan fingerprint density at radius 3 is 2.55 bits per heavy atom. The molecule has 4 heteroatoms. The number of carbonyl (C=O) groups excluding carboxylic acids is 1. The molecule has 0 saturated carbocycles. The minimum atomic E-state index is -1.18. The fourth-order valence-corrected chi connectivity index (χ4v) is 2.28. The van der Waals surface area contributed by atoms with E-state index in [0.717, 1.165) is 0 Å². The number of carboxylic acid groups (broad SMARTS) is 1. The largest absolute Gasteiger partial charge is 0.480 e. The number of thioether (sulfide) groups is 1. The summed E-state index contributed by atoms with van der Waals surface area (Å²) in [7, 11) is 0. The van der Waals surface area contributed by atoms with Gasteiger partial charge in [-0.25, -0.2) is 0 Å². The van der Waals surface area contributed by atoms with Crippen LogP contribution >= 0.6 is 11.8 Å². The minimum Gasteiger partial charge on any atom is -0.480 e. The van der Waals surface area contributed by atoms with E-state index in [1.165, 1.54) is 18.7 Å². The molecule has 0 spiro atoms. The predicted molar refractivity (Wildman–Crippen MR) is 42.7 cm³/mol. The quantitative estimate of drug-likeness (QED) is 0.597. The summed E-state index contributed by atoms with van der Waals surface area (Å²) in [5, 5.41) is 8.72. The molecule has 2 unspecified atom stereocenters. The van der Waals surface area contributed by atoms with Gasteiger partial charge in [0.2, 0.25) is 0 Å². The van der Waals surface area contributed by atoms with E-state index in [1.807, 2.05) is 0 Å². The van der Waals surface area contributed by atoms with Gasteiger partial charge in [0.1, 0.15) is 0 Å². The Morgan fingerprint density at radius 2 is 2.36 bits per heavy atom. The number of rotatable bonds is 1. The number of hydrogen-bond acceptors (Lipinski definition) is 3. The van der Waals surface area contributed by atoms with Gasteiger partial charge in [-0.3, -0.25) is 9.59 Å². The van der Waals surface area contributed by atoms with E-state index in [4.69, 9.17) is 5.11 Å². The van der Waals surface area contributed by atoms with Crippen molar-refractivity contribution in [3.8, 4) is 0 Å². The van der Waals surface area contributed by atoms with Crippen LogP contribution in [0.15, 0.2) is 0 Å². The fourth-order valence-electron chi connectivity index (χ4n) is 1.08. The molecule has 0 aliphatic carbocycles. The van der Waals surface area contributed by atoms with Gasteiger partial charge in [-0.15, -0.1) is 11.8 Å². The van der Waals surface area contributed by atoms with Crippen molar-refractivity contribution >= 4 is 23.5 Å². The molecule has 1 aliphatic heterocycles. The Hall–Kier alpha value is -0.510. The van der Waals surface area contributed by atoms with E-state index in [9.17, 15) is 9.59 Å². The molecular weight excluding hydrogens is 164 g/mol. The molecule has 62 valence electrons. The molecule has 1 aliphatic rings. The number of carbonyl (C=O) groups is 2. The number of carboxylic acids is 1. The second kappa shape index (κ2) is 2.52. The summed E-state index contributed by atoms with van der Waals surface area (Å²) in [4.78, 5) is 21.9. The van der Waals surface area contributed by atoms with Gasteiger partial charge in [0.25, 0.3) is 0 Å². The highest BCUT2D eigenvalue weighted by molar-refractivity contribution is 8.02. The highest BCUT2D eigenvalue weighted by Gasteiger charge is 2.48. The van der Waals surface area contributed by atoms with Gasteiger partial charge >= 0.3 is 5.97 Å². The van der Waals surface area contributed by atoms with E-state index in [1.54, 1.807) is 6.92 Å². The third kappa shape index (κ3) is 1.15. The highest BCUT2D eigenvalue weighted by Crippen LogP contribution is 2.37. The second-order valence-corrected chi connectivity index (χ2v) is 4.35. The lowest BCUT2D eigenvalue weighted by atomic mass is 9.97. The van der Waals surface area contributed by atoms with Gasteiger partial charge in [-0.2, -0.15) is 0 Å². The summed E-state index contributed by atoms with van der Waals surface area (Å²) < 4.78 is -1.18. The maximum absolute atomic E-state index is 11.3. The second-order valence-electron chi connectivity index (χ2n) is 2.91. The Balaban J connectivity index is 2.90. The van der Waals surface area contributed by atoms with E-state index in [-0.39, 0.29) is 11.7 Å². The molecule has 1 fully saturated rings. The van der Waals surface area contributed by atoms with Gasteiger partial charge in [0.15, 0.2) is 10.5 Å². The van der Waals surface area contributed by atoms with Crippen molar-refractivity contribution in [2.45, 2.75) is 18.6 Å². The third-order valence-electron chi connectivity index (χ3n) is 1.95. The summed E-state index contributed by atoms with van der Waals surface area (Å²) in [5.74, 6) is -0.658. The van der Waals surface area contributed by atoms with Crippen molar-refractivity contribution in [2.75, 3.05) is 5.75 Å². The van der Waals surface area contributed by atoms with Crippen LogP contribution < -0.4 is 0 Å². The molecule has 2 atom stereocenters. The maximum Gasteiger partial charge on any atom is 0.327 e. The summed E-state index contributed by atoms with van der Waals surface area (Å²) in [5.41, 5.74) is 0. The van der Waals surface area contributed by atoms with Crippen LogP contribution in [0.1, 0.15) is 13.8 Å². The SMILES string of the molecule is CC1CSC(C)(C(=O)O)C1=O. The minimum absolute atomic E-state index is 0.110. The van der Waals surface area contributed by atoms with Crippen molar-refractivity contribution in [3.05, 3.63) is 0 Å². The molecule has 0 aromatic carbocycles. The molecule has 1 rings (SSSR count). The number of hydrogen-bond donors (Lipinski definition) is 1. The first-order valence-electron chi connectivity index (χ1n) is 3.40. The van der Waals surface area contributed by atoms with Crippen LogP contribution in [-0.2, 0) is 9.59 Å². The lowest BCUT2D eigenvalue weighted by molar-refractivity contribution is -0.143. The lowest BCUT2D eigenvalue weighted by Gasteiger charge is -2.14. The summed E-state index contributed by atoms with van der Waals surface area (Å²) >= 11 is 1.22. The van der Waals surface area contributed by atoms with Gasteiger partial charge in [-0.1, -0.05) is 6.92 Å². The Morgan fingerprint density at radius 1 is 1.82 bits per heavy atom. The zero-order valence-electron chi connectivity index (χ0n) is 6.46. The van der Waals surface area contributed by atoms with Crippen LogP contribution in [0.2, 0.25) is 0 Å². The van der Waals surface area contributed by atoms with E-state index >= 15 is 0 Å². The summed E-state index contributed by atoms with van der Waals surface area (Å²) in [6.07, 6.45) is 0. The van der Waals surface area contributed by atoms with Crippen LogP contribution in [0.25, 0.3) is 0 Å². The lowest BCUT2D eigenvalue weighted by Crippen LogP contribution is -2.38. The topological polar surface area (TPSA) is 54.4 Å². The van der Waals surface area contributed by atoms with Crippen LogP contribution in [0.5, 0.6) is 0 Å². The summed E-state index contributed by atoms with van der Waals surface area (Å²) in [6, 6.07) is 0. The molecule has 0 aromatic rings. The van der Waals surface area contributed by atoms with Crippen LogP contribution in [0.4, 0.5) is 0 Å². The highest BCUT2D eigenvalue weighted by atomic mass is 32.2. The third-order valence-corrected chi connectivity index (χ3v) is 3.57. The molecule has 1 N–H and O–H groups in total. The van der Waals surface area contributed by atoms with Crippen molar-refractivity contribution < 1.29 is 14.7 Å². The Bertz CT molecular complexity index is 214. The van der Waals surface area contributed by atoms with Gasteiger partial charge in [-0.05, 0) is 6.92 Å². The zero-order chi connectivity index (χ0) is 8.65. The van der Waals surface area contributed by atoms with Crippen molar-refractivity contribution in [2.24, 2.45) is 5.92 Å². The molecule has 3 nitrogen and oxygen atoms in total. The number of aliphatic carboxylic acids is 1. The molecule has 0 bridgehead atoms. The van der Waals surface area contributed by atoms with Gasteiger partial charge in [0.05, 0.1) is 0 Å². The molecule has 1 heterocycles. The van der Waals surface area contributed by atoms with Crippen LogP contribution in [0, 0.1) is 5.92 Å². The smallest absolute Gasteiger partial charge is 0.327 e. The zero-order valence-corrected chi connectivity index (χ0v) is 7.27. The summed E-state index contributed by atoms with van der Waals surface area (Å²) in [6.45, 7) is 3.25. The molecule has 0 amide bonds. The van der Waals surface area contributed by atoms with Crippen LogP contribution in [0.3, 0.4) is 0 Å². The molecular formula is C7H10O3S. The normalized spacial score (nSPS) is 37.6. The van der Waals surface area contributed by atoms with E-state index in [2.05, 4.69) is 0 Å². The molecule has 0 aromatic heterocycles. The van der Waals surface area contributed by atoms with Crippen molar-refractivity contribution in [3.63, 3.8) is 0 Å². The first kappa shape index (κ1) is 8.59. The predicted octanol–water partition coefficient (Wildman–Crippen LogP) is 0.782. The standard InChI is InChI=1S/C7H10O3S/c1-4-3-11-7(2,5(4)8)6(9)10/h4H,3H2,1-2H3,(H,9,10). The molecule has 0 radical (unpaired) electrons.